The number of imide groups is 1. The SMILES string of the molecule is O=C1C=CC(=O)N1c1ccc(Oc2cc[c]cc2)c(C(F)(F)F)c1. The van der Waals surface area contributed by atoms with Crippen LogP contribution in [0, 0.1) is 6.07 Å². The number of hydrogen-bond acceptors (Lipinski definition) is 3. The molecular weight excluding hydrogens is 323 g/mol. The number of ether oxygens (including phenoxy) is 1. The molecule has 0 bridgehead atoms. The zero-order valence-electron chi connectivity index (χ0n) is 12.0. The van der Waals surface area contributed by atoms with Gasteiger partial charge in [-0.1, -0.05) is 12.1 Å². The van der Waals surface area contributed by atoms with Crippen LogP contribution in [0.25, 0.3) is 0 Å². The lowest BCUT2D eigenvalue weighted by atomic mass is 10.1. The Balaban J connectivity index is 2.02. The fourth-order valence-electron chi connectivity index (χ4n) is 2.19. The second-order valence-electron chi connectivity index (χ2n) is 4.86. The van der Waals surface area contributed by atoms with Crippen molar-refractivity contribution in [2.45, 2.75) is 6.18 Å². The van der Waals surface area contributed by atoms with Crippen LogP contribution in [-0.2, 0) is 15.8 Å². The van der Waals surface area contributed by atoms with Crippen molar-refractivity contribution in [3.05, 3.63) is 66.2 Å². The molecule has 2 aromatic rings. The predicted molar refractivity (Wildman–Crippen MR) is 78.4 cm³/mol. The first-order valence-corrected chi connectivity index (χ1v) is 6.77. The average molecular weight is 332 g/mol. The first-order chi connectivity index (χ1) is 11.4. The zero-order chi connectivity index (χ0) is 17.3. The van der Waals surface area contributed by atoms with Crippen LogP contribution in [0.5, 0.6) is 11.5 Å². The minimum absolute atomic E-state index is 0.170. The van der Waals surface area contributed by atoms with Crippen LogP contribution in [0.4, 0.5) is 18.9 Å². The molecule has 1 aliphatic heterocycles. The molecule has 1 aliphatic rings. The topological polar surface area (TPSA) is 46.6 Å². The molecule has 2 aromatic carbocycles. The lowest BCUT2D eigenvalue weighted by molar-refractivity contribution is -0.138. The number of nitrogens with zero attached hydrogens (tertiary/aromatic N) is 1. The first kappa shape index (κ1) is 15.8. The van der Waals surface area contributed by atoms with Crippen LogP contribution in [-0.4, -0.2) is 11.8 Å². The molecule has 1 heterocycles. The number of rotatable bonds is 3. The second kappa shape index (κ2) is 5.84. The molecule has 24 heavy (non-hydrogen) atoms. The molecule has 1 radical (unpaired) electrons. The summed E-state index contributed by atoms with van der Waals surface area (Å²) in [6, 6.07) is 11.7. The number of benzene rings is 2. The van der Waals surface area contributed by atoms with Gasteiger partial charge in [-0.2, -0.15) is 13.2 Å². The summed E-state index contributed by atoms with van der Waals surface area (Å²) in [5, 5.41) is 0. The molecule has 0 aromatic heterocycles. The van der Waals surface area contributed by atoms with Gasteiger partial charge in [0, 0.05) is 12.2 Å². The van der Waals surface area contributed by atoms with E-state index in [1.807, 2.05) is 0 Å². The maximum absolute atomic E-state index is 13.3. The fourth-order valence-corrected chi connectivity index (χ4v) is 2.19. The predicted octanol–water partition coefficient (Wildman–Crippen LogP) is 3.73. The minimum atomic E-state index is -4.72. The molecule has 0 spiro atoms. The smallest absolute Gasteiger partial charge is 0.420 e. The van der Waals surface area contributed by atoms with E-state index in [1.54, 1.807) is 0 Å². The van der Waals surface area contributed by atoms with E-state index in [2.05, 4.69) is 6.07 Å². The van der Waals surface area contributed by atoms with E-state index in [1.165, 1.54) is 30.3 Å². The summed E-state index contributed by atoms with van der Waals surface area (Å²) in [6.45, 7) is 0. The number of hydrogen-bond donors (Lipinski definition) is 0. The van der Waals surface area contributed by atoms with Gasteiger partial charge in [-0.25, -0.2) is 4.90 Å². The number of amides is 2. The van der Waals surface area contributed by atoms with Crippen molar-refractivity contribution in [2.24, 2.45) is 0 Å². The Labute approximate surface area is 134 Å². The molecule has 3 rings (SSSR count). The summed E-state index contributed by atoms with van der Waals surface area (Å²) in [6.07, 6.45) is -2.72. The molecule has 0 saturated heterocycles. The van der Waals surface area contributed by atoms with E-state index in [0.29, 0.717) is 11.0 Å². The number of carbonyl (C=O) groups excluding carboxylic acids is 2. The zero-order valence-corrected chi connectivity index (χ0v) is 12.0. The molecule has 2 amide bonds. The van der Waals surface area contributed by atoms with Gasteiger partial charge in [0.25, 0.3) is 11.8 Å². The summed E-state index contributed by atoms with van der Waals surface area (Å²) >= 11 is 0. The van der Waals surface area contributed by atoms with Crippen LogP contribution in [0.15, 0.2) is 54.6 Å². The first-order valence-electron chi connectivity index (χ1n) is 6.77. The van der Waals surface area contributed by atoms with Crippen LogP contribution in [0.3, 0.4) is 0 Å². The highest BCUT2D eigenvalue weighted by molar-refractivity contribution is 6.28. The van der Waals surface area contributed by atoms with Gasteiger partial charge in [0.15, 0.2) is 0 Å². The molecule has 4 nitrogen and oxygen atoms in total. The van der Waals surface area contributed by atoms with Crippen LogP contribution in [0.1, 0.15) is 5.56 Å². The summed E-state index contributed by atoms with van der Waals surface area (Å²) in [5.41, 5.74) is -1.25. The maximum atomic E-state index is 13.3. The molecule has 0 atom stereocenters. The highest BCUT2D eigenvalue weighted by Crippen LogP contribution is 2.40. The average Bonchev–Trinajstić information content (AvgIpc) is 2.87. The Morgan fingerprint density at radius 2 is 1.58 bits per heavy atom. The van der Waals surface area contributed by atoms with Crippen molar-refractivity contribution in [1.82, 2.24) is 0 Å². The third-order valence-electron chi connectivity index (χ3n) is 3.25. The Hall–Kier alpha value is -3.09. The van der Waals surface area contributed by atoms with Gasteiger partial charge in [-0.15, -0.1) is 0 Å². The Bertz CT molecular complexity index is 811. The standard InChI is InChI=1S/C17H9F3NO3/c18-17(19,20)13-10-11(21-15(22)8-9-16(21)23)6-7-14(13)24-12-4-2-1-3-5-12/h2-10H. The van der Waals surface area contributed by atoms with E-state index in [-0.39, 0.29) is 11.4 Å². The largest absolute Gasteiger partial charge is 0.457 e. The van der Waals surface area contributed by atoms with Crippen molar-refractivity contribution in [3.63, 3.8) is 0 Å². The monoisotopic (exact) mass is 332 g/mol. The molecule has 0 N–H and O–H groups in total. The normalized spacial score (nSPS) is 14.4. The number of carbonyl (C=O) groups is 2. The Kier molecular flexibility index (Phi) is 3.84. The minimum Gasteiger partial charge on any atom is -0.457 e. The van der Waals surface area contributed by atoms with Gasteiger partial charge in [0.2, 0.25) is 0 Å². The Morgan fingerprint density at radius 1 is 0.958 bits per heavy atom. The molecule has 0 saturated carbocycles. The second-order valence-corrected chi connectivity index (χ2v) is 4.86. The fraction of sp³-hybridized carbons (Fsp3) is 0.0588. The van der Waals surface area contributed by atoms with E-state index in [0.717, 1.165) is 18.2 Å². The van der Waals surface area contributed by atoms with Crippen molar-refractivity contribution in [3.8, 4) is 11.5 Å². The van der Waals surface area contributed by atoms with Crippen molar-refractivity contribution in [2.75, 3.05) is 4.90 Å². The van der Waals surface area contributed by atoms with Crippen molar-refractivity contribution in [1.29, 1.82) is 0 Å². The van der Waals surface area contributed by atoms with Crippen LogP contribution < -0.4 is 9.64 Å². The maximum Gasteiger partial charge on any atom is 0.420 e. The van der Waals surface area contributed by atoms with Crippen LogP contribution in [0.2, 0.25) is 0 Å². The summed E-state index contributed by atoms with van der Waals surface area (Å²) < 4.78 is 45.2. The van der Waals surface area contributed by atoms with E-state index >= 15 is 0 Å². The van der Waals surface area contributed by atoms with Crippen molar-refractivity contribution < 1.29 is 27.5 Å². The van der Waals surface area contributed by atoms with Crippen molar-refractivity contribution >= 4 is 17.5 Å². The molecule has 7 heteroatoms. The third-order valence-corrected chi connectivity index (χ3v) is 3.25. The number of anilines is 1. The lowest BCUT2D eigenvalue weighted by Gasteiger charge is -2.19. The van der Waals surface area contributed by atoms with Gasteiger partial charge in [0.1, 0.15) is 17.1 Å². The van der Waals surface area contributed by atoms with Gasteiger partial charge < -0.3 is 4.74 Å². The Morgan fingerprint density at radius 3 is 2.17 bits per heavy atom. The van der Waals surface area contributed by atoms with Gasteiger partial charge in [-0.3, -0.25) is 9.59 Å². The summed E-state index contributed by atoms with van der Waals surface area (Å²) in [7, 11) is 0. The molecule has 0 unspecified atom stereocenters. The summed E-state index contributed by atoms with van der Waals surface area (Å²) in [5.74, 6) is -1.60. The summed E-state index contributed by atoms with van der Waals surface area (Å²) in [4.78, 5) is 23.9. The molecular formula is C17H9F3NO3. The quantitative estimate of drug-likeness (QED) is 0.805. The van der Waals surface area contributed by atoms with E-state index < -0.39 is 29.3 Å². The van der Waals surface area contributed by atoms with Crippen LogP contribution >= 0.6 is 0 Å². The third kappa shape index (κ3) is 3.01. The van der Waals surface area contributed by atoms with E-state index in [4.69, 9.17) is 4.74 Å². The lowest BCUT2D eigenvalue weighted by Crippen LogP contribution is -2.29. The van der Waals surface area contributed by atoms with E-state index in [9.17, 15) is 22.8 Å². The molecule has 0 fully saturated rings. The number of alkyl halides is 3. The van der Waals surface area contributed by atoms with Gasteiger partial charge >= 0.3 is 6.18 Å². The van der Waals surface area contributed by atoms with Gasteiger partial charge in [0.05, 0.1) is 5.69 Å². The molecule has 121 valence electrons. The highest BCUT2D eigenvalue weighted by atomic mass is 19.4. The molecule has 0 aliphatic carbocycles. The number of halogens is 3. The highest BCUT2D eigenvalue weighted by Gasteiger charge is 2.36. The van der Waals surface area contributed by atoms with Gasteiger partial charge in [-0.05, 0) is 36.4 Å².